The second kappa shape index (κ2) is 11.5. The maximum Gasteiger partial charge on any atom is 0.338 e. The van der Waals surface area contributed by atoms with Gasteiger partial charge >= 0.3 is 5.97 Å². The zero-order valence-electron chi connectivity index (χ0n) is 18.3. The minimum Gasteiger partial charge on any atom is -0.475 e. The molecular weight excluding hydrogens is 521 g/mol. The average molecular weight is 545 g/mol. The van der Waals surface area contributed by atoms with Crippen molar-refractivity contribution in [2.24, 2.45) is 4.99 Å². The number of hydrogen-bond acceptors (Lipinski definition) is 7. The van der Waals surface area contributed by atoms with Crippen LogP contribution in [0.2, 0.25) is 0 Å². The van der Waals surface area contributed by atoms with E-state index in [2.05, 4.69) is 4.99 Å². The Bertz CT molecular complexity index is 989. The van der Waals surface area contributed by atoms with E-state index in [1.54, 1.807) is 24.3 Å². The van der Waals surface area contributed by atoms with Gasteiger partial charge < -0.3 is 18.9 Å². The van der Waals surface area contributed by atoms with Gasteiger partial charge in [-0.3, -0.25) is 0 Å². The number of hydrogen-bond donors (Lipinski definition) is 0. The third-order valence-electron chi connectivity index (χ3n) is 5.38. The molecule has 2 aromatic carbocycles. The number of alkyl halides is 3. The smallest absolute Gasteiger partial charge is 0.338 e. The molecule has 1 fully saturated rings. The van der Waals surface area contributed by atoms with Crippen LogP contribution >= 0.6 is 46.6 Å². The lowest BCUT2D eigenvalue weighted by atomic mass is 9.96. The van der Waals surface area contributed by atoms with E-state index >= 15 is 0 Å². The Hall–Kier alpha value is -1.48. The topological polar surface area (TPSA) is 66.3 Å². The van der Waals surface area contributed by atoms with Crippen LogP contribution in [-0.4, -0.2) is 57.8 Å². The second-order valence-electron chi connectivity index (χ2n) is 7.73. The van der Waals surface area contributed by atoms with Crippen molar-refractivity contribution >= 4 is 58.4 Å². The highest BCUT2D eigenvalue weighted by Gasteiger charge is 2.52. The number of nitrogens with zero attached hydrogens (tertiary/aromatic N) is 1. The third kappa shape index (κ3) is 6.20. The summed E-state index contributed by atoms with van der Waals surface area (Å²) < 4.78 is 22.4. The molecule has 2 aromatic rings. The first-order chi connectivity index (χ1) is 16.4. The molecule has 34 heavy (non-hydrogen) atoms. The molecular formula is C24H24Cl3NO5S. The molecule has 5 atom stereocenters. The molecule has 0 saturated carbocycles. The Morgan fingerprint density at radius 2 is 1.76 bits per heavy atom. The SMILES string of the molecule is CCS[C@@H]1O[C@@H]2COC(C(Cl)(Cl)Cl)=N[C@@H]2[C@H](OCc2ccccc2)[C@H]1OC(=O)c1ccccc1. The van der Waals surface area contributed by atoms with Gasteiger partial charge in [-0.15, -0.1) is 11.8 Å². The highest BCUT2D eigenvalue weighted by atomic mass is 35.6. The van der Waals surface area contributed by atoms with E-state index in [0.717, 1.165) is 11.3 Å². The molecule has 0 unspecified atom stereocenters. The molecule has 0 N–H and O–H groups in total. The molecule has 6 nitrogen and oxygen atoms in total. The first-order valence-electron chi connectivity index (χ1n) is 10.8. The number of thioether (sulfide) groups is 1. The number of ether oxygens (including phenoxy) is 4. The maximum absolute atomic E-state index is 13.0. The summed E-state index contributed by atoms with van der Waals surface area (Å²) in [5.41, 5.74) is 0.924. The zero-order valence-corrected chi connectivity index (χ0v) is 21.4. The van der Waals surface area contributed by atoms with E-state index in [4.69, 9.17) is 53.8 Å². The molecule has 10 heteroatoms. The zero-order chi connectivity index (χ0) is 24.1. The molecule has 2 aliphatic rings. The minimum atomic E-state index is -1.83. The Kier molecular flexibility index (Phi) is 8.66. The molecule has 0 aliphatic carbocycles. The quantitative estimate of drug-likeness (QED) is 0.341. The Balaban J connectivity index is 1.66. The molecule has 4 rings (SSSR count). The number of carbonyl (C=O) groups is 1. The van der Waals surface area contributed by atoms with Crippen molar-refractivity contribution < 1.29 is 23.7 Å². The number of fused-ring (bicyclic) bond motifs is 1. The van der Waals surface area contributed by atoms with Crippen LogP contribution in [0.1, 0.15) is 22.8 Å². The van der Waals surface area contributed by atoms with E-state index in [9.17, 15) is 4.79 Å². The summed E-state index contributed by atoms with van der Waals surface area (Å²) in [5, 5.41) is 0. The standard InChI is InChI=1S/C24H24Cl3NO5S/c1-2-34-22-20(33-21(29)16-11-7-4-8-12-16)19(30-13-15-9-5-3-6-10-15)18-17(32-22)14-31-23(28-18)24(25,26)27/h3-12,17-20,22H,2,13-14H2,1H3/t17-,18+,19+,20-,22+/m1/s1. The van der Waals surface area contributed by atoms with Gasteiger partial charge in [0.05, 0.1) is 12.2 Å². The molecule has 1 saturated heterocycles. The Labute approximate surface area is 217 Å². The summed E-state index contributed by atoms with van der Waals surface area (Å²) >= 11 is 19.7. The molecule has 0 amide bonds. The van der Waals surface area contributed by atoms with Gasteiger partial charge in [0.2, 0.25) is 5.90 Å². The van der Waals surface area contributed by atoms with Crippen LogP contribution in [0.5, 0.6) is 0 Å². The van der Waals surface area contributed by atoms with Crippen molar-refractivity contribution in [3.63, 3.8) is 0 Å². The van der Waals surface area contributed by atoms with Gasteiger partial charge in [0.1, 0.15) is 30.3 Å². The summed E-state index contributed by atoms with van der Waals surface area (Å²) in [4.78, 5) is 17.5. The minimum absolute atomic E-state index is 0.0367. The third-order valence-corrected chi connectivity index (χ3v) is 6.91. The summed E-state index contributed by atoms with van der Waals surface area (Å²) in [7, 11) is 0. The van der Waals surface area contributed by atoms with Gasteiger partial charge in [-0.2, -0.15) is 0 Å². The fourth-order valence-electron chi connectivity index (χ4n) is 3.82. The highest BCUT2D eigenvalue weighted by molar-refractivity contribution is 7.99. The number of rotatable bonds is 7. The van der Waals surface area contributed by atoms with Gasteiger partial charge in [0.25, 0.3) is 3.79 Å². The molecule has 182 valence electrons. The van der Waals surface area contributed by atoms with Crippen molar-refractivity contribution in [1.29, 1.82) is 0 Å². The molecule has 2 aliphatic heterocycles. The van der Waals surface area contributed by atoms with E-state index in [-0.39, 0.29) is 19.1 Å². The van der Waals surface area contributed by atoms with E-state index in [1.165, 1.54) is 11.8 Å². The van der Waals surface area contributed by atoms with Crippen LogP contribution in [-0.2, 0) is 25.6 Å². The van der Waals surface area contributed by atoms with Crippen LogP contribution in [0.25, 0.3) is 0 Å². The van der Waals surface area contributed by atoms with E-state index in [1.807, 2.05) is 43.3 Å². The summed E-state index contributed by atoms with van der Waals surface area (Å²) in [6, 6.07) is 17.9. The normalized spacial score (nSPS) is 26.7. The number of aliphatic imine (C=N–C) groups is 1. The van der Waals surface area contributed by atoms with E-state index < -0.39 is 39.6 Å². The summed E-state index contributed by atoms with van der Waals surface area (Å²) in [5.74, 6) is 0.238. The Morgan fingerprint density at radius 3 is 2.41 bits per heavy atom. The van der Waals surface area contributed by atoms with Crippen LogP contribution in [0.4, 0.5) is 0 Å². The van der Waals surface area contributed by atoms with Gasteiger partial charge in [-0.25, -0.2) is 9.79 Å². The summed E-state index contributed by atoms with van der Waals surface area (Å²) in [6.45, 7) is 2.44. The van der Waals surface area contributed by atoms with Crippen molar-refractivity contribution in [2.45, 2.75) is 47.1 Å². The highest BCUT2D eigenvalue weighted by Crippen LogP contribution is 2.39. The van der Waals surface area contributed by atoms with Crippen molar-refractivity contribution in [3.8, 4) is 0 Å². The lowest BCUT2D eigenvalue weighted by Crippen LogP contribution is -2.61. The van der Waals surface area contributed by atoms with Gasteiger partial charge in [-0.05, 0) is 23.4 Å². The largest absolute Gasteiger partial charge is 0.475 e. The lowest BCUT2D eigenvalue weighted by Gasteiger charge is -2.46. The lowest BCUT2D eigenvalue weighted by molar-refractivity contribution is -0.181. The first-order valence-corrected chi connectivity index (χ1v) is 13.0. The van der Waals surface area contributed by atoms with Crippen LogP contribution in [0.3, 0.4) is 0 Å². The fraction of sp³-hybridized carbons (Fsp3) is 0.417. The predicted molar refractivity (Wildman–Crippen MR) is 135 cm³/mol. The molecule has 2 heterocycles. The number of halogens is 3. The fourth-order valence-corrected chi connectivity index (χ4v) is 5.08. The van der Waals surface area contributed by atoms with Crippen molar-refractivity contribution in [1.82, 2.24) is 0 Å². The van der Waals surface area contributed by atoms with Crippen LogP contribution in [0, 0.1) is 0 Å². The van der Waals surface area contributed by atoms with Crippen LogP contribution < -0.4 is 0 Å². The maximum atomic E-state index is 13.0. The van der Waals surface area contributed by atoms with E-state index in [0.29, 0.717) is 5.56 Å². The molecule has 0 spiro atoms. The monoisotopic (exact) mass is 543 g/mol. The Morgan fingerprint density at radius 1 is 1.09 bits per heavy atom. The molecule has 0 bridgehead atoms. The molecule has 0 radical (unpaired) electrons. The van der Waals surface area contributed by atoms with Crippen LogP contribution in [0.15, 0.2) is 65.7 Å². The number of esters is 1. The first kappa shape index (κ1) is 25.6. The van der Waals surface area contributed by atoms with Gasteiger partial charge in [0, 0.05) is 0 Å². The number of benzene rings is 2. The van der Waals surface area contributed by atoms with Gasteiger partial charge in [0.15, 0.2) is 6.10 Å². The summed E-state index contributed by atoms with van der Waals surface area (Å²) in [6.07, 6.45) is -1.85. The van der Waals surface area contributed by atoms with Gasteiger partial charge in [-0.1, -0.05) is 90.3 Å². The van der Waals surface area contributed by atoms with Crippen molar-refractivity contribution in [3.05, 3.63) is 71.8 Å². The van der Waals surface area contributed by atoms with Crippen molar-refractivity contribution in [2.75, 3.05) is 12.4 Å². The average Bonchev–Trinajstić information content (AvgIpc) is 2.84. The second-order valence-corrected chi connectivity index (χ2v) is 11.4. The molecule has 0 aromatic heterocycles. The predicted octanol–water partition coefficient (Wildman–Crippen LogP) is 5.44. The number of carbonyl (C=O) groups excluding carboxylic acids is 1.